The van der Waals surface area contributed by atoms with Crippen molar-refractivity contribution >= 4 is 11.8 Å². The van der Waals surface area contributed by atoms with E-state index in [2.05, 4.69) is 28.7 Å². The second kappa shape index (κ2) is 12.3. The van der Waals surface area contributed by atoms with E-state index in [-0.39, 0.29) is 42.7 Å². The number of unbranched alkanes of at least 4 members (excludes halogenated alkanes) is 1. The van der Waals surface area contributed by atoms with Crippen LogP contribution in [0.25, 0.3) is 0 Å². The van der Waals surface area contributed by atoms with Gasteiger partial charge in [0.05, 0.1) is 25.6 Å². The Kier molecular flexibility index (Phi) is 9.21. The third kappa shape index (κ3) is 6.80. The zero-order valence-corrected chi connectivity index (χ0v) is 20.9. The van der Waals surface area contributed by atoms with Gasteiger partial charge in [-0.25, -0.2) is 4.98 Å². The number of ether oxygens (including phenoxy) is 1. The molecule has 0 aromatic carbocycles. The number of nitrogens with zero attached hydrogens (tertiary/aromatic N) is 4. The van der Waals surface area contributed by atoms with E-state index in [4.69, 9.17) is 4.74 Å². The predicted molar refractivity (Wildman–Crippen MR) is 133 cm³/mol. The molecule has 0 radical (unpaired) electrons. The number of rotatable bonds is 7. The molecular formula is C27H34N4O4. The fraction of sp³-hybridized carbons (Fsp3) is 0.481. The molecule has 2 aromatic rings. The van der Waals surface area contributed by atoms with Crippen LogP contribution in [0.5, 0.6) is 5.88 Å². The third-order valence-corrected chi connectivity index (χ3v) is 6.11. The van der Waals surface area contributed by atoms with E-state index in [1.165, 1.54) is 0 Å². The number of hydrogen-bond acceptors (Lipinski definition) is 6. The monoisotopic (exact) mass is 478 g/mol. The fourth-order valence-corrected chi connectivity index (χ4v) is 3.86. The smallest absolute Gasteiger partial charge is 0.259 e. The summed E-state index contributed by atoms with van der Waals surface area (Å²) in [4.78, 5) is 38.0. The van der Waals surface area contributed by atoms with Gasteiger partial charge in [0.1, 0.15) is 11.7 Å². The summed E-state index contributed by atoms with van der Waals surface area (Å²) in [6, 6.07) is 4.97. The molecule has 3 heterocycles. The Hall–Kier alpha value is -3.44. The number of amides is 2. The second-order valence-electron chi connectivity index (χ2n) is 9.06. The van der Waals surface area contributed by atoms with Gasteiger partial charge in [0, 0.05) is 50.1 Å². The van der Waals surface area contributed by atoms with E-state index in [1.54, 1.807) is 41.5 Å². The number of carbonyl (C=O) groups is 2. The van der Waals surface area contributed by atoms with Crippen LogP contribution in [0.1, 0.15) is 55.1 Å². The number of aromatic nitrogens is 2. The van der Waals surface area contributed by atoms with Gasteiger partial charge in [-0.05, 0) is 37.1 Å². The van der Waals surface area contributed by atoms with E-state index < -0.39 is 6.10 Å². The summed E-state index contributed by atoms with van der Waals surface area (Å²) in [5.74, 6) is 5.95. The quantitative estimate of drug-likeness (QED) is 0.615. The van der Waals surface area contributed by atoms with Gasteiger partial charge in [-0.2, -0.15) is 0 Å². The van der Waals surface area contributed by atoms with Crippen molar-refractivity contribution in [2.24, 2.45) is 5.92 Å². The first-order valence-electron chi connectivity index (χ1n) is 12.0. The van der Waals surface area contributed by atoms with Gasteiger partial charge in [0.25, 0.3) is 5.91 Å². The zero-order valence-electron chi connectivity index (χ0n) is 20.9. The van der Waals surface area contributed by atoms with Crippen molar-refractivity contribution in [2.75, 3.05) is 26.7 Å². The number of aliphatic hydroxyl groups excluding tert-OH is 1. The second-order valence-corrected chi connectivity index (χ2v) is 9.06. The average molecular weight is 479 g/mol. The summed E-state index contributed by atoms with van der Waals surface area (Å²) in [6.45, 7) is 6.39. The minimum atomic E-state index is -0.397. The summed E-state index contributed by atoms with van der Waals surface area (Å²) in [5, 5.41) is 9.80. The van der Waals surface area contributed by atoms with Crippen LogP contribution in [0.15, 0.2) is 36.8 Å². The SMILES string of the molecule is CCCC#Cc1cnc2c(c1)C(=O)N([C@@H](C)CO)C[C@H](C)[C@@H](CN(C)C(=O)Cc1ccncc1)O2. The van der Waals surface area contributed by atoms with Gasteiger partial charge in [0.15, 0.2) is 0 Å². The molecule has 1 N–H and O–H groups in total. The molecule has 2 aromatic heterocycles. The number of likely N-dealkylation sites (N-methyl/N-ethyl adjacent to an activating group) is 1. The van der Waals surface area contributed by atoms with Crippen LogP contribution in [0.3, 0.4) is 0 Å². The van der Waals surface area contributed by atoms with E-state index in [1.807, 2.05) is 26.0 Å². The highest BCUT2D eigenvalue weighted by Crippen LogP contribution is 2.27. The number of hydrogen-bond donors (Lipinski definition) is 1. The van der Waals surface area contributed by atoms with Crippen LogP contribution >= 0.6 is 0 Å². The molecule has 186 valence electrons. The number of fused-ring (bicyclic) bond motifs is 1. The van der Waals surface area contributed by atoms with E-state index in [9.17, 15) is 14.7 Å². The largest absolute Gasteiger partial charge is 0.472 e. The standard InChI is InChI=1S/C27H34N4O4/c1-5-6-7-8-22-13-23-26(29-15-22)35-24(19(2)16-31(27(23)34)20(3)18-32)17-30(4)25(33)14-21-9-11-28-12-10-21/h9-13,15,19-20,24,32H,5-6,14,16-18H2,1-4H3/t19-,20-,24+/m0/s1. The predicted octanol–water partition coefficient (Wildman–Crippen LogP) is 2.55. The Morgan fingerprint density at radius 3 is 2.80 bits per heavy atom. The van der Waals surface area contributed by atoms with Gasteiger partial charge in [-0.1, -0.05) is 25.7 Å². The number of pyridine rings is 2. The third-order valence-electron chi connectivity index (χ3n) is 6.11. The summed E-state index contributed by atoms with van der Waals surface area (Å²) in [7, 11) is 1.75. The van der Waals surface area contributed by atoms with Crippen LogP contribution in [0.2, 0.25) is 0 Å². The molecular weight excluding hydrogens is 444 g/mol. The van der Waals surface area contributed by atoms with E-state index >= 15 is 0 Å². The fourth-order valence-electron chi connectivity index (χ4n) is 3.86. The van der Waals surface area contributed by atoms with Crippen molar-refractivity contribution in [3.63, 3.8) is 0 Å². The lowest BCUT2D eigenvalue weighted by atomic mass is 9.99. The highest BCUT2D eigenvalue weighted by molar-refractivity contribution is 5.97. The topological polar surface area (TPSA) is 95.9 Å². The van der Waals surface area contributed by atoms with Crippen molar-refractivity contribution in [2.45, 2.75) is 52.2 Å². The summed E-state index contributed by atoms with van der Waals surface area (Å²) in [6.07, 6.45) is 6.51. The normalized spacial score (nSPS) is 18.3. The van der Waals surface area contributed by atoms with Gasteiger partial charge in [-0.15, -0.1) is 0 Å². The minimum Gasteiger partial charge on any atom is -0.472 e. The van der Waals surface area contributed by atoms with E-state index in [0.717, 1.165) is 18.4 Å². The molecule has 8 nitrogen and oxygen atoms in total. The van der Waals surface area contributed by atoms with Gasteiger partial charge in [0.2, 0.25) is 11.8 Å². The maximum Gasteiger partial charge on any atom is 0.259 e. The van der Waals surface area contributed by atoms with Crippen LogP contribution < -0.4 is 4.74 Å². The molecule has 0 spiro atoms. The molecule has 0 bridgehead atoms. The van der Waals surface area contributed by atoms with Gasteiger partial charge >= 0.3 is 0 Å². The lowest BCUT2D eigenvalue weighted by molar-refractivity contribution is -0.130. The van der Waals surface area contributed by atoms with Crippen molar-refractivity contribution < 1.29 is 19.4 Å². The first-order valence-corrected chi connectivity index (χ1v) is 12.0. The van der Waals surface area contributed by atoms with Crippen LogP contribution in [-0.4, -0.2) is 75.6 Å². The summed E-state index contributed by atoms with van der Waals surface area (Å²) >= 11 is 0. The lowest BCUT2D eigenvalue weighted by Gasteiger charge is -2.37. The molecule has 1 aliphatic rings. The van der Waals surface area contributed by atoms with Crippen molar-refractivity contribution in [3.8, 4) is 17.7 Å². The summed E-state index contributed by atoms with van der Waals surface area (Å²) in [5.41, 5.74) is 1.84. The average Bonchev–Trinajstić information content (AvgIpc) is 2.86. The van der Waals surface area contributed by atoms with E-state index in [0.29, 0.717) is 24.2 Å². The van der Waals surface area contributed by atoms with Gasteiger partial charge < -0.3 is 19.6 Å². The van der Waals surface area contributed by atoms with Crippen molar-refractivity contribution in [3.05, 3.63) is 53.5 Å². The first kappa shape index (κ1) is 26.2. The molecule has 0 saturated heterocycles. The molecule has 0 unspecified atom stereocenters. The molecule has 0 saturated carbocycles. The highest BCUT2D eigenvalue weighted by Gasteiger charge is 2.34. The van der Waals surface area contributed by atoms with Crippen LogP contribution in [-0.2, 0) is 11.2 Å². The van der Waals surface area contributed by atoms with Crippen LogP contribution in [0, 0.1) is 17.8 Å². The Morgan fingerprint density at radius 1 is 1.37 bits per heavy atom. The summed E-state index contributed by atoms with van der Waals surface area (Å²) < 4.78 is 6.26. The number of carbonyl (C=O) groups excluding carboxylic acids is 2. The minimum absolute atomic E-state index is 0.0413. The molecule has 35 heavy (non-hydrogen) atoms. The Labute approximate surface area is 207 Å². The molecule has 1 aliphatic heterocycles. The van der Waals surface area contributed by atoms with Crippen molar-refractivity contribution in [1.82, 2.24) is 19.8 Å². The van der Waals surface area contributed by atoms with Crippen molar-refractivity contribution in [1.29, 1.82) is 0 Å². The van der Waals surface area contributed by atoms with Crippen LogP contribution in [0.4, 0.5) is 0 Å². The maximum atomic E-state index is 13.4. The highest BCUT2D eigenvalue weighted by atomic mass is 16.5. The zero-order chi connectivity index (χ0) is 25.4. The molecule has 2 amide bonds. The molecule has 3 rings (SSSR count). The Bertz CT molecular complexity index is 1080. The molecule has 0 fully saturated rings. The molecule has 8 heteroatoms. The number of aliphatic hydroxyl groups is 1. The lowest BCUT2D eigenvalue weighted by Crippen LogP contribution is -2.50. The first-order chi connectivity index (χ1) is 16.8. The van der Waals surface area contributed by atoms with Gasteiger partial charge in [-0.3, -0.25) is 14.6 Å². The molecule has 0 aliphatic carbocycles. The Morgan fingerprint density at radius 2 is 2.11 bits per heavy atom. The molecule has 3 atom stereocenters. The maximum absolute atomic E-state index is 13.4. The Balaban J connectivity index is 1.87.